The lowest BCUT2D eigenvalue weighted by atomic mass is 10.0. The molecule has 1 saturated carbocycles. The summed E-state index contributed by atoms with van der Waals surface area (Å²) in [6.07, 6.45) is 3.91. The Kier molecular flexibility index (Phi) is 3.43. The van der Waals surface area contributed by atoms with Crippen molar-refractivity contribution in [3.63, 3.8) is 0 Å². The van der Waals surface area contributed by atoms with Gasteiger partial charge in [0.15, 0.2) is 5.78 Å². The molecular formula is C18H20N2O3. The van der Waals surface area contributed by atoms with Gasteiger partial charge >= 0.3 is 0 Å². The Hall–Kier alpha value is -2.17. The zero-order valence-corrected chi connectivity index (χ0v) is 13.0. The van der Waals surface area contributed by atoms with Gasteiger partial charge in [0.2, 0.25) is 5.91 Å². The number of ketones is 1. The number of carbonyl (C=O) groups is 3. The fourth-order valence-corrected chi connectivity index (χ4v) is 3.72. The molecule has 23 heavy (non-hydrogen) atoms. The van der Waals surface area contributed by atoms with Crippen LogP contribution >= 0.6 is 0 Å². The highest BCUT2D eigenvalue weighted by molar-refractivity contribution is 6.05. The first-order valence-electron chi connectivity index (χ1n) is 8.36. The lowest BCUT2D eigenvalue weighted by Crippen LogP contribution is -2.32. The lowest BCUT2D eigenvalue weighted by Gasteiger charge is -2.16. The third-order valence-electron chi connectivity index (χ3n) is 5.10. The van der Waals surface area contributed by atoms with Crippen LogP contribution in [0.5, 0.6) is 0 Å². The molecular weight excluding hydrogens is 292 g/mol. The van der Waals surface area contributed by atoms with Crippen LogP contribution in [0.15, 0.2) is 18.2 Å². The monoisotopic (exact) mass is 312 g/mol. The number of nitrogens with one attached hydrogen (secondary N) is 1. The molecule has 0 bridgehead atoms. The van der Waals surface area contributed by atoms with E-state index in [4.69, 9.17) is 0 Å². The Morgan fingerprint density at radius 3 is 2.83 bits per heavy atom. The van der Waals surface area contributed by atoms with Crippen molar-refractivity contribution >= 4 is 17.6 Å². The van der Waals surface area contributed by atoms with E-state index in [0.29, 0.717) is 43.0 Å². The molecule has 120 valence electrons. The Bertz CT molecular complexity index is 694. The summed E-state index contributed by atoms with van der Waals surface area (Å²) < 4.78 is 0. The average molecular weight is 312 g/mol. The highest BCUT2D eigenvalue weighted by atomic mass is 16.2. The van der Waals surface area contributed by atoms with Gasteiger partial charge < -0.3 is 10.2 Å². The van der Waals surface area contributed by atoms with Crippen LogP contribution in [0, 0.1) is 5.92 Å². The summed E-state index contributed by atoms with van der Waals surface area (Å²) in [5, 5.41) is 2.96. The molecule has 1 saturated heterocycles. The number of amides is 2. The van der Waals surface area contributed by atoms with Crippen molar-refractivity contribution in [3.8, 4) is 0 Å². The van der Waals surface area contributed by atoms with Crippen LogP contribution in [0.1, 0.15) is 52.0 Å². The van der Waals surface area contributed by atoms with Crippen molar-refractivity contribution in [1.29, 1.82) is 0 Å². The maximum absolute atomic E-state index is 12.5. The molecule has 1 unspecified atom stereocenters. The molecule has 1 heterocycles. The van der Waals surface area contributed by atoms with Gasteiger partial charge in [0.25, 0.3) is 5.91 Å². The van der Waals surface area contributed by atoms with Crippen molar-refractivity contribution in [2.75, 3.05) is 13.1 Å². The third-order valence-corrected chi connectivity index (χ3v) is 5.10. The molecule has 1 N–H and O–H groups in total. The number of likely N-dealkylation sites (tertiary alicyclic amines) is 1. The molecule has 2 fully saturated rings. The van der Waals surface area contributed by atoms with E-state index in [1.165, 1.54) is 0 Å². The van der Waals surface area contributed by atoms with Gasteiger partial charge in [-0.1, -0.05) is 12.1 Å². The minimum absolute atomic E-state index is 0.121. The normalized spacial score (nSPS) is 23.3. The Labute approximate surface area is 135 Å². The zero-order valence-electron chi connectivity index (χ0n) is 13.0. The fourth-order valence-electron chi connectivity index (χ4n) is 3.72. The van der Waals surface area contributed by atoms with E-state index in [1.807, 2.05) is 4.90 Å². The zero-order chi connectivity index (χ0) is 16.0. The number of nitrogens with zero attached hydrogens (tertiary/aromatic N) is 1. The van der Waals surface area contributed by atoms with E-state index in [1.54, 1.807) is 18.2 Å². The minimum atomic E-state index is -0.131. The van der Waals surface area contributed by atoms with Gasteiger partial charge in [0, 0.05) is 49.0 Å². The molecule has 0 aromatic heterocycles. The molecule has 1 aliphatic heterocycles. The first-order valence-corrected chi connectivity index (χ1v) is 8.36. The Morgan fingerprint density at radius 1 is 1.22 bits per heavy atom. The molecule has 1 aromatic carbocycles. The average Bonchev–Trinajstić information content (AvgIpc) is 3.23. The van der Waals surface area contributed by atoms with Crippen LogP contribution in [0.25, 0.3) is 0 Å². The molecule has 0 spiro atoms. The van der Waals surface area contributed by atoms with Crippen molar-refractivity contribution < 1.29 is 14.4 Å². The van der Waals surface area contributed by atoms with Gasteiger partial charge in [0.1, 0.15) is 0 Å². The van der Waals surface area contributed by atoms with Crippen LogP contribution in [0.3, 0.4) is 0 Å². The first-order chi connectivity index (χ1) is 11.1. The number of benzene rings is 1. The highest BCUT2D eigenvalue weighted by Crippen LogP contribution is 2.32. The van der Waals surface area contributed by atoms with E-state index in [2.05, 4.69) is 5.32 Å². The van der Waals surface area contributed by atoms with E-state index >= 15 is 0 Å². The molecule has 0 radical (unpaired) electrons. The van der Waals surface area contributed by atoms with Crippen molar-refractivity contribution in [2.45, 2.75) is 38.1 Å². The lowest BCUT2D eigenvalue weighted by molar-refractivity contribution is -0.128. The molecule has 5 nitrogen and oxygen atoms in total. The van der Waals surface area contributed by atoms with E-state index in [-0.39, 0.29) is 23.5 Å². The SMILES string of the molecule is O=C1CCc2c1cccc2C(=O)NCC1CC(=O)N(C2CC2)C1. The van der Waals surface area contributed by atoms with E-state index in [0.717, 1.165) is 24.9 Å². The molecule has 1 atom stereocenters. The molecule has 2 amide bonds. The van der Waals surface area contributed by atoms with Gasteiger partial charge in [-0.2, -0.15) is 0 Å². The smallest absolute Gasteiger partial charge is 0.251 e. The molecule has 1 aromatic rings. The summed E-state index contributed by atoms with van der Waals surface area (Å²) in [5.41, 5.74) is 2.17. The largest absolute Gasteiger partial charge is 0.352 e. The second-order valence-corrected chi connectivity index (χ2v) is 6.81. The van der Waals surface area contributed by atoms with Crippen molar-refractivity contribution in [2.24, 2.45) is 5.92 Å². The van der Waals surface area contributed by atoms with E-state index < -0.39 is 0 Å². The molecule has 2 aliphatic carbocycles. The number of rotatable bonds is 4. The van der Waals surface area contributed by atoms with Gasteiger partial charge in [0.05, 0.1) is 0 Å². The number of hydrogen-bond donors (Lipinski definition) is 1. The van der Waals surface area contributed by atoms with Crippen LogP contribution in [-0.2, 0) is 11.2 Å². The topological polar surface area (TPSA) is 66.5 Å². The Morgan fingerprint density at radius 2 is 2.04 bits per heavy atom. The Balaban J connectivity index is 1.40. The maximum atomic E-state index is 12.5. The third kappa shape index (κ3) is 2.64. The summed E-state index contributed by atoms with van der Waals surface area (Å²) in [7, 11) is 0. The van der Waals surface area contributed by atoms with Crippen molar-refractivity contribution in [1.82, 2.24) is 10.2 Å². The molecule has 3 aliphatic rings. The van der Waals surface area contributed by atoms with Gasteiger partial charge in [-0.15, -0.1) is 0 Å². The maximum Gasteiger partial charge on any atom is 0.251 e. The van der Waals surface area contributed by atoms with Crippen LogP contribution in [0.4, 0.5) is 0 Å². The first kappa shape index (κ1) is 14.4. The summed E-state index contributed by atoms with van der Waals surface area (Å²) in [4.78, 5) is 38.1. The molecule has 4 rings (SSSR count). The van der Waals surface area contributed by atoms with Gasteiger partial charge in [-0.3, -0.25) is 14.4 Å². The summed E-state index contributed by atoms with van der Waals surface area (Å²) in [6.45, 7) is 1.28. The summed E-state index contributed by atoms with van der Waals surface area (Å²) in [6, 6.07) is 5.80. The second-order valence-electron chi connectivity index (χ2n) is 6.81. The minimum Gasteiger partial charge on any atom is -0.352 e. The predicted octanol–water partition coefficient (Wildman–Crippen LogP) is 1.56. The summed E-state index contributed by atoms with van der Waals surface area (Å²) in [5.74, 6) is 0.411. The quantitative estimate of drug-likeness (QED) is 0.917. The standard InChI is InChI=1S/C18H20N2O3/c21-16-7-6-13-14(16)2-1-3-15(13)18(23)19-9-11-8-17(22)20(10-11)12-4-5-12/h1-3,11-12H,4-10H2,(H,19,23). The molecule has 5 heteroatoms. The van der Waals surface area contributed by atoms with Crippen molar-refractivity contribution in [3.05, 3.63) is 34.9 Å². The highest BCUT2D eigenvalue weighted by Gasteiger charge is 2.39. The number of hydrogen-bond acceptors (Lipinski definition) is 3. The fraction of sp³-hybridized carbons (Fsp3) is 0.500. The van der Waals surface area contributed by atoms with Crippen LogP contribution in [-0.4, -0.2) is 41.6 Å². The van der Waals surface area contributed by atoms with E-state index in [9.17, 15) is 14.4 Å². The van der Waals surface area contributed by atoms with Crippen LogP contribution < -0.4 is 5.32 Å². The second kappa shape index (κ2) is 5.48. The predicted molar refractivity (Wildman–Crippen MR) is 84.3 cm³/mol. The number of fused-ring (bicyclic) bond motifs is 1. The summed E-state index contributed by atoms with van der Waals surface area (Å²) >= 11 is 0. The van der Waals surface area contributed by atoms with Gasteiger partial charge in [-0.05, 0) is 30.9 Å². The number of carbonyl (C=O) groups excluding carboxylic acids is 3. The number of Topliss-reactive ketones (excluding diaryl/α,β-unsaturated/α-hetero) is 1. The van der Waals surface area contributed by atoms with Crippen LogP contribution in [0.2, 0.25) is 0 Å². The van der Waals surface area contributed by atoms with Gasteiger partial charge in [-0.25, -0.2) is 0 Å².